The second kappa shape index (κ2) is 5.48. The Morgan fingerprint density at radius 1 is 0.941 bits per heavy atom. The summed E-state index contributed by atoms with van der Waals surface area (Å²) in [6, 6.07) is 11.7. The normalized spacial score (nSPS) is 14.5. The molecule has 1 nitrogen and oxygen atoms in total. The van der Waals surface area contributed by atoms with Crippen molar-refractivity contribution in [2.24, 2.45) is 0 Å². The number of rotatable bonds is 4. The summed E-state index contributed by atoms with van der Waals surface area (Å²) in [5.41, 5.74) is 4.03. The third-order valence-electron chi connectivity index (χ3n) is 3.12. The van der Waals surface area contributed by atoms with Crippen LogP contribution in [-0.2, 0) is 0 Å². The predicted octanol–water partition coefficient (Wildman–Crippen LogP) is 4.47. The van der Waals surface area contributed by atoms with E-state index in [2.05, 4.69) is 67.2 Å². The largest absolute Gasteiger partial charge is 0.304 e. The highest BCUT2D eigenvalue weighted by atomic mass is 32.1. The van der Waals surface area contributed by atoms with Crippen molar-refractivity contribution in [3.8, 4) is 0 Å². The molecule has 2 atom stereocenters. The lowest BCUT2D eigenvalue weighted by molar-refractivity contribution is 0.495. The molecule has 0 fully saturated rings. The van der Waals surface area contributed by atoms with E-state index in [4.69, 9.17) is 0 Å². The molecule has 1 N–H and O–H groups in total. The van der Waals surface area contributed by atoms with Gasteiger partial charge in [0.15, 0.2) is 0 Å². The first-order chi connectivity index (χ1) is 8.16. The zero-order valence-electron chi connectivity index (χ0n) is 10.6. The Balaban J connectivity index is 2.01. The summed E-state index contributed by atoms with van der Waals surface area (Å²) >= 11 is 1.75. The fraction of sp³-hybridized carbons (Fsp3) is 0.333. The number of thiophene rings is 1. The average Bonchev–Trinajstić information content (AvgIpc) is 2.83. The van der Waals surface area contributed by atoms with Crippen molar-refractivity contribution in [1.29, 1.82) is 0 Å². The Kier molecular flexibility index (Phi) is 3.97. The molecule has 1 aromatic carbocycles. The Morgan fingerprint density at radius 3 is 2.18 bits per heavy atom. The zero-order chi connectivity index (χ0) is 12.3. The van der Waals surface area contributed by atoms with Crippen LogP contribution >= 0.6 is 11.3 Å². The second-order valence-electron chi connectivity index (χ2n) is 4.58. The molecule has 90 valence electrons. The lowest BCUT2D eigenvalue weighted by Gasteiger charge is -2.20. The minimum absolute atomic E-state index is 0.380. The van der Waals surface area contributed by atoms with Gasteiger partial charge < -0.3 is 5.32 Å². The first-order valence-electron chi connectivity index (χ1n) is 6.01. The quantitative estimate of drug-likeness (QED) is 0.838. The van der Waals surface area contributed by atoms with Crippen LogP contribution in [0.3, 0.4) is 0 Å². The van der Waals surface area contributed by atoms with E-state index in [0.717, 1.165) is 0 Å². The molecule has 2 rings (SSSR count). The third kappa shape index (κ3) is 3.18. The summed E-state index contributed by atoms with van der Waals surface area (Å²) in [6.45, 7) is 6.55. The van der Waals surface area contributed by atoms with E-state index in [1.54, 1.807) is 11.3 Å². The molecule has 0 saturated carbocycles. The molecule has 1 unspecified atom stereocenters. The molecule has 0 aliphatic rings. The molecule has 2 aromatic rings. The van der Waals surface area contributed by atoms with Crippen LogP contribution in [0.5, 0.6) is 0 Å². The number of nitrogens with one attached hydrogen (secondary N) is 1. The zero-order valence-corrected chi connectivity index (χ0v) is 11.4. The highest BCUT2D eigenvalue weighted by molar-refractivity contribution is 7.07. The SMILES string of the molecule is Cc1ccc([C@@H](C)NC(C)c2ccsc2)cc1. The van der Waals surface area contributed by atoms with Gasteiger partial charge in [0.2, 0.25) is 0 Å². The van der Waals surface area contributed by atoms with Gasteiger partial charge in [-0.3, -0.25) is 0 Å². The van der Waals surface area contributed by atoms with Gasteiger partial charge in [0.1, 0.15) is 0 Å². The number of hydrogen-bond donors (Lipinski definition) is 1. The maximum absolute atomic E-state index is 3.62. The van der Waals surface area contributed by atoms with Gasteiger partial charge in [-0.2, -0.15) is 11.3 Å². The first-order valence-corrected chi connectivity index (χ1v) is 6.96. The molecule has 2 heteroatoms. The van der Waals surface area contributed by atoms with Crippen LogP contribution in [0.4, 0.5) is 0 Å². The minimum Gasteiger partial charge on any atom is -0.304 e. The highest BCUT2D eigenvalue weighted by Crippen LogP contribution is 2.21. The van der Waals surface area contributed by atoms with E-state index >= 15 is 0 Å². The van der Waals surface area contributed by atoms with Crippen LogP contribution in [0.15, 0.2) is 41.1 Å². The molecule has 1 aromatic heterocycles. The van der Waals surface area contributed by atoms with Crippen molar-refractivity contribution in [3.05, 3.63) is 57.8 Å². The Hall–Kier alpha value is -1.12. The molecular formula is C15H19NS. The van der Waals surface area contributed by atoms with Crippen LogP contribution < -0.4 is 5.32 Å². The van der Waals surface area contributed by atoms with Crippen molar-refractivity contribution < 1.29 is 0 Å². The smallest absolute Gasteiger partial charge is 0.0305 e. The summed E-state index contributed by atoms with van der Waals surface area (Å²) in [5, 5.41) is 7.96. The number of benzene rings is 1. The van der Waals surface area contributed by atoms with E-state index in [9.17, 15) is 0 Å². The predicted molar refractivity (Wildman–Crippen MR) is 75.5 cm³/mol. The maximum atomic E-state index is 3.62. The summed E-state index contributed by atoms with van der Waals surface area (Å²) in [5.74, 6) is 0. The van der Waals surface area contributed by atoms with Gasteiger partial charge >= 0.3 is 0 Å². The molecule has 0 amide bonds. The summed E-state index contributed by atoms with van der Waals surface area (Å²) in [6.07, 6.45) is 0. The first kappa shape index (κ1) is 12.3. The van der Waals surface area contributed by atoms with E-state index in [1.165, 1.54) is 16.7 Å². The van der Waals surface area contributed by atoms with E-state index in [1.807, 2.05) is 0 Å². The van der Waals surface area contributed by atoms with Gasteiger partial charge in [-0.25, -0.2) is 0 Å². The minimum atomic E-state index is 0.380. The monoisotopic (exact) mass is 245 g/mol. The van der Waals surface area contributed by atoms with Crippen LogP contribution in [0, 0.1) is 6.92 Å². The Bertz CT molecular complexity index is 444. The fourth-order valence-corrected chi connectivity index (χ4v) is 2.70. The topological polar surface area (TPSA) is 12.0 Å². The molecule has 0 saturated heterocycles. The second-order valence-corrected chi connectivity index (χ2v) is 5.36. The van der Waals surface area contributed by atoms with Crippen LogP contribution in [0.25, 0.3) is 0 Å². The van der Waals surface area contributed by atoms with Gasteiger partial charge in [-0.15, -0.1) is 0 Å². The summed E-state index contributed by atoms with van der Waals surface area (Å²) in [4.78, 5) is 0. The number of hydrogen-bond acceptors (Lipinski definition) is 2. The fourth-order valence-electron chi connectivity index (χ4n) is 1.94. The molecule has 0 aliphatic heterocycles. The van der Waals surface area contributed by atoms with Crippen molar-refractivity contribution in [2.75, 3.05) is 0 Å². The lowest BCUT2D eigenvalue weighted by atomic mass is 10.0. The van der Waals surface area contributed by atoms with Crippen molar-refractivity contribution in [2.45, 2.75) is 32.9 Å². The van der Waals surface area contributed by atoms with Gasteiger partial charge in [0.05, 0.1) is 0 Å². The molecule has 0 bridgehead atoms. The van der Waals surface area contributed by atoms with Crippen molar-refractivity contribution in [3.63, 3.8) is 0 Å². The van der Waals surface area contributed by atoms with Gasteiger partial charge in [0.25, 0.3) is 0 Å². The van der Waals surface area contributed by atoms with Crippen molar-refractivity contribution >= 4 is 11.3 Å². The molecular weight excluding hydrogens is 226 g/mol. The lowest BCUT2D eigenvalue weighted by Crippen LogP contribution is -2.22. The highest BCUT2D eigenvalue weighted by Gasteiger charge is 2.10. The van der Waals surface area contributed by atoms with E-state index in [-0.39, 0.29) is 0 Å². The van der Waals surface area contributed by atoms with E-state index < -0.39 is 0 Å². The third-order valence-corrected chi connectivity index (χ3v) is 3.82. The summed E-state index contributed by atoms with van der Waals surface area (Å²) < 4.78 is 0. The Labute approximate surface area is 108 Å². The average molecular weight is 245 g/mol. The van der Waals surface area contributed by atoms with Crippen LogP contribution in [-0.4, -0.2) is 0 Å². The molecule has 0 aliphatic carbocycles. The summed E-state index contributed by atoms with van der Waals surface area (Å²) in [7, 11) is 0. The molecule has 0 spiro atoms. The van der Waals surface area contributed by atoms with Gasteiger partial charge in [0, 0.05) is 12.1 Å². The van der Waals surface area contributed by atoms with Crippen molar-refractivity contribution in [1.82, 2.24) is 5.32 Å². The maximum Gasteiger partial charge on any atom is 0.0305 e. The molecule has 17 heavy (non-hydrogen) atoms. The van der Waals surface area contributed by atoms with Gasteiger partial charge in [-0.1, -0.05) is 29.8 Å². The van der Waals surface area contributed by atoms with Gasteiger partial charge in [-0.05, 0) is 48.7 Å². The standard InChI is InChI=1S/C15H19NS/c1-11-4-6-14(7-5-11)12(2)16-13(3)15-8-9-17-10-15/h4-10,12-13,16H,1-3H3/t12-,13?/m1/s1. The number of aryl methyl sites for hydroxylation is 1. The molecule has 0 radical (unpaired) electrons. The molecule has 1 heterocycles. The Morgan fingerprint density at radius 2 is 1.59 bits per heavy atom. The van der Waals surface area contributed by atoms with Crippen LogP contribution in [0.1, 0.15) is 42.6 Å². The van der Waals surface area contributed by atoms with E-state index in [0.29, 0.717) is 12.1 Å². The van der Waals surface area contributed by atoms with Crippen LogP contribution in [0.2, 0.25) is 0 Å².